The standard InChI is InChI=1S/C26H30N4O5/c1-4-34-20-7-5-19(6-8-20)24-9-10-25(28-27-24)29-11-13-30(14-12-29)26(31)18-35-23-16-21(32-2)15-22(17-23)33-3/h5-10,15-17H,4,11-14,18H2,1-3H3. The summed E-state index contributed by atoms with van der Waals surface area (Å²) in [5.41, 5.74) is 1.79. The van der Waals surface area contributed by atoms with Gasteiger partial charge < -0.3 is 28.7 Å². The van der Waals surface area contributed by atoms with Crippen molar-refractivity contribution >= 4 is 11.7 Å². The molecule has 0 spiro atoms. The third-order valence-corrected chi connectivity index (χ3v) is 5.76. The smallest absolute Gasteiger partial charge is 0.260 e. The lowest BCUT2D eigenvalue weighted by molar-refractivity contribution is -0.133. The van der Waals surface area contributed by atoms with Crippen LogP contribution in [0.15, 0.2) is 54.6 Å². The second-order valence-corrected chi connectivity index (χ2v) is 7.94. The summed E-state index contributed by atoms with van der Waals surface area (Å²) in [6, 6.07) is 16.9. The summed E-state index contributed by atoms with van der Waals surface area (Å²) in [7, 11) is 3.14. The lowest BCUT2D eigenvalue weighted by Crippen LogP contribution is -2.50. The van der Waals surface area contributed by atoms with Gasteiger partial charge >= 0.3 is 0 Å². The fourth-order valence-corrected chi connectivity index (χ4v) is 3.82. The monoisotopic (exact) mass is 478 g/mol. The summed E-state index contributed by atoms with van der Waals surface area (Å²) in [6.07, 6.45) is 0. The minimum atomic E-state index is -0.0663. The number of aromatic nitrogens is 2. The zero-order valence-electron chi connectivity index (χ0n) is 20.3. The second-order valence-electron chi connectivity index (χ2n) is 7.94. The van der Waals surface area contributed by atoms with E-state index in [-0.39, 0.29) is 12.5 Å². The number of carbonyl (C=O) groups is 1. The molecule has 1 aromatic heterocycles. The Bertz CT molecular complexity index is 1090. The molecule has 35 heavy (non-hydrogen) atoms. The zero-order chi connectivity index (χ0) is 24.6. The van der Waals surface area contributed by atoms with Crippen molar-refractivity contribution in [2.75, 3.05) is 58.5 Å². The molecule has 184 valence electrons. The van der Waals surface area contributed by atoms with Gasteiger partial charge in [0.15, 0.2) is 12.4 Å². The normalized spacial score (nSPS) is 13.3. The molecule has 9 nitrogen and oxygen atoms in total. The maximum Gasteiger partial charge on any atom is 0.260 e. The average molecular weight is 479 g/mol. The Morgan fingerprint density at radius 2 is 1.46 bits per heavy atom. The van der Waals surface area contributed by atoms with Gasteiger partial charge in [-0.2, -0.15) is 0 Å². The summed E-state index contributed by atoms with van der Waals surface area (Å²) in [5.74, 6) is 3.30. The van der Waals surface area contributed by atoms with Gasteiger partial charge in [-0.3, -0.25) is 4.79 Å². The molecule has 1 aliphatic rings. The van der Waals surface area contributed by atoms with Gasteiger partial charge in [0.05, 0.1) is 26.5 Å². The number of ether oxygens (including phenoxy) is 4. The number of rotatable bonds is 9. The summed E-state index contributed by atoms with van der Waals surface area (Å²) >= 11 is 0. The maximum absolute atomic E-state index is 12.7. The molecule has 0 radical (unpaired) electrons. The number of anilines is 1. The van der Waals surface area contributed by atoms with E-state index in [1.54, 1.807) is 37.3 Å². The van der Waals surface area contributed by atoms with E-state index in [2.05, 4.69) is 15.1 Å². The van der Waals surface area contributed by atoms with E-state index in [1.807, 2.05) is 43.3 Å². The van der Waals surface area contributed by atoms with Crippen LogP contribution in [0, 0.1) is 0 Å². The Hall–Kier alpha value is -4.01. The Kier molecular flexibility index (Phi) is 7.87. The molecule has 0 bridgehead atoms. The van der Waals surface area contributed by atoms with Crippen LogP contribution in [0.2, 0.25) is 0 Å². The Balaban J connectivity index is 1.28. The third-order valence-electron chi connectivity index (χ3n) is 5.76. The minimum absolute atomic E-state index is 0.0487. The SMILES string of the molecule is CCOc1ccc(-c2ccc(N3CCN(C(=O)COc4cc(OC)cc(OC)c4)CC3)nn2)cc1. The number of hydrogen-bond acceptors (Lipinski definition) is 8. The molecule has 0 saturated carbocycles. The van der Waals surface area contributed by atoms with Gasteiger partial charge in [0.2, 0.25) is 0 Å². The molecule has 0 unspecified atom stereocenters. The van der Waals surface area contributed by atoms with Crippen LogP contribution in [0.1, 0.15) is 6.92 Å². The minimum Gasteiger partial charge on any atom is -0.496 e. The second kappa shape index (κ2) is 11.4. The van der Waals surface area contributed by atoms with Crippen LogP contribution in [-0.4, -0.2) is 74.6 Å². The number of carbonyl (C=O) groups excluding carboxylic acids is 1. The molecule has 2 aromatic carbocycles. The summed E-state index contributed by atoms with van der Waals surface area (Å²) in [4.78, 5) is 16.6. The predicted octanol–water partition coefficient (Wildman–Crippen LogP) is 3.29. The predicted molar refractivity (Wildman–Crippen MR) is 132 cm³/mol. The van der Waals surface area contributed by atoms with Gasteiger partial charge in [-0.05, 0) is 43.3 Å². The molecule has 0 atom stereocenters. The number of hydrogen-bond donors (Lipinski definition) is 0. The van der Waals surface area contributed by atoms with Crippen LogP contribution in [0.5, 0.6) is 23.0 Å². The number of amides is 1. The maximum atomic E-state index is 12.7. The highest BCUT2D eigenvalue weighted by molar-refractivity contribution is 5.78. The van der Waals surface area contributed by atoms with Crippen LogP contribution in [0.3, 0.4) is 0 Å². The molecule has 1 amide bonds. The molecule has 4 rings (SSSR count). The van der Waals surface area contributed by atoms with Crippen molar-refractivity contribution in [2.24, 2.45) is 0 Å². The van der Waals surface area contributed by atoms with E-state index in [0.717, 1.165) is 22.8 Å². The molecular weight excluding hydrogens is 448 g/mol. The van der Waals surface area contributed by atoms with E-state index >= 15 is 0 Å². The summed E-state index contributed by atoms with van der Waals surface area (Å²) < 4.78 is 21.7. The first-order valence-corrected chi connectivity index (χ1v) is 11.5. The molecule has 2 heterocycles. The van der Waals surface area contributed by atoms with Gasteiger partial charge in [-0.25, -0.2) is 0 Å². The molecule has 1 fully saturated rings. The Morgan fingerprint density at radius 1 is 0.800 bits per heavy atom. The topological polar surface area (TPSA) is 86.3 Å². The summed E-state index contributed by atoms with van der Waals surface area (Å²) in [6.45, 7) is 5.08. The number of benzene rings is 2. The lowest BCUT2D eigenvalue weighted by atomic mass is 10.1. The zero-order valence-corrected chi connectivity index (χ0v) is 20.3. The third kappa shape index (κ3) is 6.11. The van der Waals surface area contributed by atoms with Crippen molar-refractivity contribution in [2.45, 2.75) is 6.92 Å². The molecule has 1 saturated heterocycles. The molecule has 0 aliphatic carbocycles. The van der Waals surface area contributed by atoms with Crippen LogP contribution in [0.4, 0.5) is 5.82 Å². The van der Waals surface area contributed by atoms with Crippen molar-refractivity contribution in [3.05, 3.63) is 54.6 Å². The molecule has 0 N–H and O–H groups in total. The summed E-state index contributed by atoms with van der Waals surface area (Å²) in [5, 5.41) is 8.80. The highest BCUT2D eigenvalue weighted by Gasteiger charge is 2.22. The van der Waals surface area contributed by atoms with Crippen LogP contribution >= 0.6 is 0 Å². The first-order chi connectivity index (χ1) is 17.1. The molecule has 1 aliphatic heterocycles. The van der Waals surface area contributed by atoms with E-state index in [1.165, 1.54) is 0 Å². The van der Waals surface area contributed by atoms with Gasteiger partial charge in [0, 0.05) is 49.9 Å². The highest BCUT2D eigenvalue weighted by atomic mass is 16.5. The quantitative estimate of drug-likeness (QED) is 0.463. The first kappa shape index (κ1) is 24.1. The highest BCUT2D eigenvalue weighted by Crippen LogP contribution is 2.27. The fourth-order valence-electron chi connectivity index (χ4n) is 3.82. The molecular formula is C26H30N4O5. The number of methoxy groups -OCH3 is 2. The number of piperazine rings is 1. The number of nitrogens with zero attached hydrogens (tertiary/aromatic N) is 4. The van der Waals surface area contributed by atoms with E-state index in [4.69, 9.17) is 18.9 Å². The average Bonchev–Trinajstić information content (AvgIpc) is 2.92. The fraction of sp³-hybridized carbons (Fsp3) is 0.346. The van der Waals surface area contributed by atoms with Crippen LogP contribution < -0.4 is 23.8 Å². The van der Waals surface area contributed by atoms with Crippen LogP contribution in [0.25, 0.3) is 11.3 Å². The molecule has 3 aromatic rings. The van der Waals surface area contributed by atoms with Crippen molar-refractivity contribution < 1.29 is 23.7 Å². The van der Waals surface area contributed by atoms with Crippen molar-refractivity contribution in [1.82, 2.24) is 15.1 Å². The van der Waals surface area contributed by atoms with Crippen molar-refractivity contribution in [3.63, 3.8) is 0 Å². The lowest BCUT2D eigenvalue weighted by Gasteiger charge is -2.35. The van der Waals surface area contributed by atoms with E-state index in [0.29, 0.717) is 50.0 Å². The Labute approximate surface area is 205 Å². The Morgan fingerprint density at radius 3 is 2.03 bits per heavy atom. The van der Waals surface area contributed by atoms with Gasteiger partial charge in [0.25, 0.3) is 5.91 Å². The van der Waals surface area contributed by atoms with E-state index < -0.39 is 0 Å². The van der Waals surface area contributed by atoms with Gasteiger partial charge in [0.1, 0.15) is 23.0 Å². The first-order valence-electron chi connectivity index (χ1n) is 11.5. The van der Waals surface area contributed by atoms with Crippen molar-refractivity contribution in [1.29, 1.82) is 0 Å². The van der Waals surface area contributed by atoms with Gasteiger partial charge in [-0.15, -0.1) is 10.2 Å². The van der Waals surface area contributed by atoms with Gasteiger partial charge in [-0.1, -0.05) is 0 Å². The van der Waals surface area contributed by atoms with E-state index in [9.17, 15) is 4.79 Å². The molecule has 9 heteroatoms. The van der Waals surface area contributed by atoms with Crippen LogP contribution in [-0.2, 0) is 4.79 Å². The van der Waals surface area contributed by atoms with Crippen molar-refractivity contribution in [3.8, 4) is 34.3 Å². The largest absolute Gasteiger partial charge is 0.496 e.